The summed E-state index contributed by atoms with van der Waals surface area (Å²) in [5.74, 6) is 1.19. The van der Waals surface area contributed by atoms with Crippen LogP contribution in [0.3, 0.4) is 0 Å². The van der Waals surface area contributed by atoms with Crippen molar-refractivity contribution in [3.05, 3.63) is 12.2 Å². The van der Waals surface area contributed by atoms with Gasteiger partial charge in [0, 0.05) is 6.61 Å². The van der Waals surface area contributed by atoms with Gasteiger partial charge in [-0.3, -0.25) is 4.79 Å². The normalized spacial score (nSPS) is 40.5. The zero-order valence-corrected chi connectivity index (χ0v) is 9.43. The standard InChI is InChI=1S/C13H18O3/c14-13(16-8-11-2-1-5-15-11)12-7-9-3-4-10(12)6-9/h3-4,9-12H,1-2,5-8H2/t9-,10+,11+,12+/m1/s1. The zero-order valence-electron chi connectivity index (χ0n) is 9.43. The van der Waals surface area contributed by atoms with Crippen LogP contribution in [0.5, 0.6) is 0 Å². The molecular formula is C13H18O3. The van der Waals surface area contributed by atoms with Crippen LogP contribution < -0.4 is 0 Å². The lowest BCUT2D eigenvalue weighted by molar-refractivity contribution is -0.152. The highest BCUT2D eigenvalue weighted by atomic mass is 16.6. The number of carbonyl (C=O) groups is 1. The van der Waals surface area contributed by atoms with Gasteiger partial charge in [-0.2, -0.15) is 0 Å². The molecule has 1 heterocycles. The van der Waals surface area contributed by atoms with E-state index < -0.39 is 0 Å². The molecule has 1 aliphatic heterocycles. The molecule has 3 aliphatic rings. The van der Waals surface area contributed by atoms with Crippen molar-refractivity contribution in [2.24, 2.45) is 17.8 Å². The molecule has 0 aromatic rings. The van der Waals surface area contributed by atoms with E-state index in [0.717, 1.165) is 32.3 Å². The summed E-state index contributed by atoms with van der Waals surface area (Å²) in [4.78, 5) is 11.9. The molecule has 0 spiro atoms. The minimum atomic E-state index is -0.00708. The number of hydrogen-bond acceptors (Lipinski definition) is 3. The molecule has 4 atom stereocenters. The second-order valence-corrected chi connectivity index (χ2v) is 5.15. The van der Waals surface area contributed by atoms with Gasteiger partial charge in [0.05, 0.1) is 12.0 Å². The molecule has 0 aromatic heterocycles. The van der Waals surface area contributed by atoms with Gasteiger partial charge in [0.1, 0.15) is 6.61 Å². The predicted octanol–water partition coefficient (Wildman–Crippen LogP) is 1.92. The van der Waals surface area contributed by atoms with E-state index in [2.05, 4.69) is 12.2 Å². The maximum Gasteiger partial charge on any atom is 0.309 e. The first-order chi connectivity index (χ1) is 7.83. The van der Waals surface area contributed by atoms with E-state index in [1.54, 1.807) is 0 Å². The van der Waals surface area contributed by atoms with E-state index >= 15 is 0 Å². The Morgan fingerprint density at radius 2 is 2.31 bits per heavy atom. The second kappa shape index (κ2) is 4.21. The second-order valence-electron chi connectivity index (χ2n) is 5.15. The van der Waals surface area contributed by atoms with Crippen molar-refractivity contribution in [2.45, 2.75) is 31.8 Å². The molecule has 0 aromatic carbocycles. The quantitative estimate of drug-likeness (QED) is 0.540. The molecule has 0 radical (unpaired) electrons. The Balaban J connectivity index is 1.48. The van der Waals surface area contributed by atoms with Crippen LogP contribution in [-0.2, 0) is 14.3 Å². The third-order valence-electron chi connectivity index (χ3n) is 4.02. The molecule has 1 saturated carbocycles. The number of allylic oxidation sites excluding steroid dienone is 2. The number of fused-ring (bicyclic) bond motifs is 2. The van der Waals surface area contributed by atoms with Crippen LogP contribution in [0.15, 0.2) is 12.2 Å². The van der Waals surface area contributed by atoms with Crippen LogP contribution in [-0.4, -0.2) is 25.3 Å². The molecule has 2 bridgehead atoms. The SMILES string of the molecule is O=C(OC[C@@H]1CCCO1)[C@H]1C[C@@H]2C=C[C@H]1C2. The first-order valence-electron chi connectivity index (χ1n) is 6.29. The fraction of sp³-hybridized carbons (Fsp3) is 0.769. The highest BCUT2D eigenvalue weighted by Gasteiger charge is 2.40. The van der Waals surface area contributed by atoms with Crippen LogP contribution in [0.1, 0.15) is 25.7 Å². The number of carbonyl (C=O) groups excluding carboxylic acids is 1. The summed E-state index contributed by atoms with van der Waals surface area (Å²) in [5.41, 5.74) is 0. The first-order valence-corrected chi connectivity index (χ1v) is 6.29. The van der Waals surface area contributed by atoms with E-state index in [9.17, 15) is 4.79 Å². The van der Waals surface area contributed by atoms with Crippen LogP contribution in [0.4, 0.5) is 0 Å². The molecule has 3 nitrogen and oxygen atoms in total. The Labute approximate surface area is 95.8 Å². The first kappa shape index (κ1) is 10.3. The Bertz CT molecular complexity index is 304. The van der Waals surface area contributed by atoms with Gasteiger partial charge in [-0.15, -0.1) is 0 Å². The molecule has 3 heteroatoms. The highest BCUT2D eigenvalue weighted by molar-refractivity contribution is 5.74. The Kier molecular flexibility index (Phi) is 2.72. The molecule has 0 N–H and O–H groups in total. The number of rotatable bonds is 3. The number of esters is 1. The van der Waals surface area contributed by atoms with E-state index in [1.807, 2.05) is 0 Å². The van der Waals surface area contributed by atoms with Gasteiger partial charge in [0.25, 0.3) is 0 Å². The summed E-state index contributed by atoms with van der Waals surface area (Å²) in [6, 6.07) is 0. The molecule has 2 aliphatic carbocycles. The zero-order chi connectivity index (χ0) is 11.0. The topological polar surface area (TPSA) is 35.5 Å². The van der Waals surface area contributed by atoms with Crippen molar-refractivity contribution >= 4 is 5.97 Å². The fourth-order valence-electron chi connectivity index (χ4n) is 3.11. The van der Waals surface area contributed by atoms with Gasteiger partial charge in [-0.25, -0.2) is 0 Å². The molecule has 16 heavy (non-hydrogen) atoms. The maximum absolute atomic E-state index is 11.9. The third-order valence-corrected chi connectivity index (χ3v) is 4.02. The Morgan fingerprint density at radius 1 is 1.38 bits per heavy atom. The largest absolute Gasteiger partial charge is 0.463 e. The van der Waals surface area contributed by atoms with Crippen molar-refractivity contribution < 1.29 is 14.3 Å². The minimum absolute atomic E-state index is 0.00708. The Morgan fingerprint density at radius 3 is 2.94 bits per heavy atom. The van der Waals surface area contributed by atoms with Crippen molar-refractivity contribution in [2.75, 3.05) is 13.2 Å². The molecule has 1 saturated heterocycles. The van der Waals surface area contributed by atoms with E-state index in [-0.39, 0.29) is 18.0 Å². The van der Waals surface area contributed by atoms with Gasteiger partial charge in [0.2, 0.25) is 0 Å². The van der Waals surface area contributed by atoms with Gasteiger partial charge in [-0.1, -0.05) is 12.2 Å². The van der Waals surface area contributed by atoms with E-state index in [1.165, 1.54) is 0 Å². The molecule has 0 unspecified atom stereocenters. The van der Waals surface area contributed by atoms with Gasteiger partial charge >= 0.3 is 5.97 Å². The highest BCUT2D eigenvalue weighted by Crippen LogP contribution is 2.43. The van der Waals surface area contributed by atoms with Crippen LogP contribution in [0, 0.1) is 17.8 Å². The summed E-state index contributed by atoms with van der Waals surface area (Å²) < 4.78 is 10.8. The molecule has 3 rings (SSSR count). The maximum atomic E-state index is 11.9. The monoisotopic (exact) mass is 222 g/mol. The molecule has 2 fully saturated rings. The average molecular weight is 222 g/mol. The predicted molar refractivity (Wildman–Crippen MR) is 58.8 cm³/mol. The molecular weight excluding hydrogens is 204 g/mol. The third kappa shape index (κ3) is 1.88. The molecule has 0 amide bonds. The average Bonchev–Trinajstić information content (AvgIpc) is 3.01. The lowest BCUT2D eigenvalue weighted by atomic mass is 9.94. The van der Waals surface area contributed by atoms with E-state index in [4.69, 9.17) is 9.47 Å². The summed E-state index contributed by atoms with van der Waals surface area (Å²) in [7, 11) is 0. The van der Waals surface area contributed by atoms with Gasteiger partial charge < -0.3 is 9.47 Å². The fourth-order valence-corrected chi connectivity index (χ4v) is 3.11. The smallest absolute Gasteiger partial charge is 0.309 e. The van der Waals surface area contributed by atoms with Crippen molar-refractivity contribution in [3.8, 4) is 0 Å². The van der Waals surface area contributed by atoms with Crippen LogP contribution in [0.2, 0.25) is 0 Å². The Hall–Kier alpha value is -0.830. The number of ether oxygens (including phenoxy) is 2. The lowest BCUT2D eigenvalue weighted by Gasteiger charge is -2.18. The number of hydrogen-bond donors (Lipinski definition) is 0. The van der Waals surface area contributed by atoms with Crippen molar-refractivity contribution in [3.63, 3.8) is 0 Å². The van der Waals surface area contributed by atoms with Crippen molar-refractivity contribution in [1.82, 2.24) is 0 Å². The van der Waals surface area contributed by atoms with Gasteiger partial charge in [0.15, 0.2) is 0 Å². The van der Waals surface area contributed by atoms with Crippen molar-refractivity contribution in [1.29, 1.82) is 0 Å². The van der Waals surface area contributed by atoms with E-state index in [0.29, 0.717) is 18.4 Å². The van der Waals surface area contributed by atoms with Crippen LogP contribution >= 0.6 is 0 Å². The summed E-state index contributed by atoms with van der Waals surface area (Å²) in [6.07, 6.45) is 8.85. The minimum Gasteiger partial charge on any atom is -0.463 e. The summed E-state index contributed by atoms with van der Waals surface area (Å²) in [6.45, 7) is 1.27. The van der Waals surface area contributed by atoms with Gasteiger partial charge in [-0.05, 0) is 37.5 Å². The summed E-state index contributed by atoms with van der Waals surface area (Å²) >= 11 is 0. The summed E-state index contributed by atoms with van der Waals surface area (Å²) in [5, 5.41) is 0. The lowest BCUT2D eigenvalue weighted by Crippen LogP contribution is -2.25. The van der Waals surface area contributed by atoms with Crippen LogP contribution in [0.25, 0.3) is 0 Å². The molecule has 88 valence electrons.